The standard InChI is InChI=1S/C9H14N4/c1-13-8(6-2-3-6)11-12-9(13)10-7-4-5-7/h6-7H,2-5H2,1H3,(H,10,12). The molecule has 0 spiro atoms. The number of hydrogen-bond donors (Lipinski definition) is 1. The lowest BCUT2D eigenvalue weighted by atomic mass is 10.4. The fourth-order valence-corrected chi connectivity index (χ4v) is 1.57. The van der Waals surface area contributed by atoms with Crippen LogP contribution in [0.15, 0.2) is 0 Å². The van der Waals surface area contributed by atoms with Crippen molar-refractivity contribution in [3.63, 3.8) is 0 Å². The maximum absolute atomic E-state index is 4.21. The molecule has 0 unspecified atom stereocenters. The zero-order valence-electron chi connectivity index (χ0n) is 7.82. The predicted octanol–water partition coefficient (Wildman–Crippen LogP) is 1.27. The first kappa shape index (κ1) is 7.35. The molecule has 2 fully saturated rings. The molecule has 0 saturated heterocycles. The molecule has 1 aromatic rings. The van der Waals surface area contributed by atoms with Crippen LogP contribution >= 0.6 is 0 Å². The van der Waals surface area contributed by atoms with Crippen molar-refractivity contribution in [2.24, 2.45) is 7.05 Å². The Morgan fingerprint density at radius 1 is 1.23 bits per heavy atom. The van der Waals surface area contributed by atoms with Gasteiger partial charge in [0.15, 0.2) is 0 Å². The molecule has 0 aliphatic heterocycles. The first-order valence-corrected chi connectivity index (χ1v) is 5.00. The van der Waals surface area contributed by atoms with Gasteiger partial charge in [-0.25, -0.2) is 0 Å². The molecule has 3 rings (SSSR count). The van der Waals surface area contributed by atoms with Crippen LogP contribution in [0, 0.1) is 0 Å². The van der Waals surface area contributed by atoms with Gasteiger partial charge >= 0.3 is 0 Å². The lowest BCUT2D eigenvalue weighted by Gasteiger charge is -2.03. The van der Waals surface area contributed by atoms with E-state index in [1.807, 2.05) is 0 Å². The van der Waals surface area contributed by atoms with Crippen molar-refractivity contribution in [3.05, 3.63) is 5.82 Å². The summed E-state index contributed by atoms with van der Waals surface area (Å²) in [5, 5.41) is 11.7. The maximum atomic E-state index is 4.21. The first-order valence-electron chi connectivity index (χ1n) is 5.00. The molecule has 2 aliphatic rings. The Balaban J connectivity index is 1.83. The van der Waals surface area contributed by atoms with Crippen molar-refractivity contribution < 1.29 is 0 Å². The molecule has 70 valence electrons. The Bertz CT molecular complexity index is 322. The van der Waals surface area contributed by atoms with Crippen molar-refractivity contribution in [1.82, 2.24) is 14.8 Å². The minimum atomic E-state index is 0.662. The first-order chi connectivity index (χ1) is 6.34. The molecule has 13 heavy (non-hydrogen) atoms. The largest absolute Gasteiger partial charge is 0.352 e. The summed E-state index contributed by atoms with van der Waals surface area (Å²) < 4.78 is 2.11. The van der Waals surface area contributed by atoms with Crippen LogP contribution < -0.4 is 5.32 Å². The molecule has 0 radical (unpaired) electrons. The van der Waals surface area contributed by atoms with Gasteiger partial charge < -0.3 is 9.88 Å². The smallest absolute Gasteiger partial charge is 0.224 e. The van der Waals surface area contributed by atoms with E-state index >= 15 is 0 Å². The summed E-state index contributed by atoms with van der Waals surface area (Å²) in [7, 11) is 2.05. The Kier molecular flexibility index (Phi) is 1.39. The summed E-state index contributed by atoms with van der Waals surface area (Å²) in [6.07, 6.45) is 5.14. The van der Waals surface area contributed by atoms with Crippen LogP contribution in [0.1, 0.15) is 37.4 Å². The molecule has 1 N–H and O–H groups in total. The van der Waals surface area contributed by atoms with Gasteiger partial charge in [-0.2, -0.15) is 0 Å². The van der Waals surface area contributed by atoms with E-state index in [0.717, 1.165) is 11.8 Å². The third-order valence-electron chi connectivity index (χ3n) is 2.76. The van der Waals surface area contributed by atoms with Gasteiger partial charge in [-0.15, -0.1) is 10.2 Å². The van der Waals surface area contributed by atoms with Gasteiger partial charge in [-0.05, 0) is 25.7 Å². The number of hydrogen-bond acceptors (Lipinski definition) is 3. The molecular weight excluding hydrogens is 164 g/mol. The molecular formula is C9H14N4. The van der Waals surface area contributed by atoms with Crippen molar-refractivity contribution in [2.45, 2.75) is 37.6 Å². The molecule has 0 bridgehead atoms. The van der Waals surface area contributed by atoms with E-state index in [2.05, 4.69) is 27.1 Å². The highest BCUT2D eigenvalue weighted by atomic mass is 15.4. The molecule has 4 nitrogen and oxygen atoms in total. The highest BCUT2D eigenvalue weighted by Crippen LogP contribution is 2.39. The van der Waals surface area contributed by atoms with E-state index in [4.69, 9.17) is 0 Å². The van der Waals surface area contributed by atoms with Crippen LogP contribution in [0.5, 0.6) is 0 Å². The SMILES string of the molecule is Cn1c(NC2CC2)nnc1C1CC1. The summed E-state index contributed by atoms with van der Waals surface area (Å²) in [5.41, 5.74) is 0. The maximum Gasteiger partial charge on any atom is 0.224 e. The third kappa shape index (κ3) is 1.30. The normalized spacial score (nSPS) is 21.9. The lowest BCUT2D eigenvalue weighted by molar-refractivity contribution is 0.798. The van der Waals surface area contributed by atoms with E-state index in [0.29, 0.717) is 12.0 Å². The lowest BCUT2D eigenvalue weighted by Crippen LogP contribution is -2.07. The summed E-state index contributed by atoms with van der Waals surface area (Å²) >= 11 is 0. The summed E-state index contributed by atoms with van der Waals surface area (Å²) in [6, 6.07) is 0.662. The molecule has 1 heterocycles. The molecule has 0 amide bonds. The fourth-order valence-electron chi connectivity index (χ4n) is 1.57. The Labute approximate surface area is 77.4 Å². The average molecular weight is 178 g/mol. The van der Waals surface area contributed by atoms with E-state index in [1.54, 1.807) is 0 Å². The highest BCUT2D eigenvalue weighted by molar-refractivity contribution is 5.30. The molecule has 2 saturated carbocycles. The predicted molar refractivity (Wildman–Crippen MR) is 49.6 cm³/mol. The monoisotopic (exact) mass is 178 g/mol. The molecule has 4 heteroatoms. The molecule has 2 aliphatic carbocycles. The van der Waals surface area contributed by atoms with Crippen LogP contribution in [0.25, 0.3) is 0 Å². The number of rotatable bonds is 3. The van der Waals surface area contributed by atoms with E-state index in [1.165, 1.54) is 25.7 Å². The van der Waals surface area contributed by atoms with Gasteiger partial charge in [0.25, 0.3) is 0 Å². The molecule has 0 aromatic carbocycles. The van der Waals surface area contributed by atoms with E-state index in [9.17, 15) is 0 Å². The second kappa shape index (κ2) is 2.47. The second-order valence-electron chi connectivity index (χ2n) is 4.13. The van der Waals surface area contributed by atoms with Crippen LogP contribution in [0.2, 0.25) is 0 Å². The highest BCUT2D eigenvalue weighted by Gasteiger charge is 2.30. The van der Waals surface area contributed by atoms with E-state index in [-0.39, 0.29) is 0 Å². The summed E-state index contributed by atoms with van der Waals surface area (Å²) in [5.74, 6) is 2.79. The Hall–Kier alpha value is -1.06. The Morgan fingerprint density at radius 2 is 2.00 bits per heavy atom. The number of nitrogens with zero attached hydrogens (tertiary/aromatic N) is 3. The number of aromatic nitrogens is 3. The third-order valence-corrected chi connectivity index (χ3v) is 2.76. The molecule has 0 atom stereocenters. The average Bonchev–Trinajstić information content (AvgIpc) is 2.97. The van der Waals surface area contributed by atoms with Crippen LogP contribution in [-0.2, 0) is 7.05 Å². The quantitative estimate of drug-likeness (QED) is 0.757. The van der Waals surface area contributed by atoms with E-state index < -0.39 is 0 Å². The second-order valence-corrected chi connectivity index (χ2v) is 4.13. The topological polar surface area (TPSA) is 42.7 Å². The van der Waals surface area contributed by atoms with Gasteiger partial charge in [0.2, 0.25) is 5.95 Å². The summed E-state index contributed by atoms with van der Waals surface area (Å²) in [6.45, 7) is 0. The Morgan fingerprint density at radius 3 is 2.62 bits per heavy atom. The van der Waals surface area contributed by atoms with Crippen LogP contribution in [0.4, 0.5) is 5.95 Å². The zero-order valence-corrected chi connectivity index (χ0v) is 7.82. The minimum absolute atomic E-state index is 0.662. The van der Waals surface area contributed by atoms with Gasteiger partial charge in [0.1, 0.15) is 5.82 Å². The van der Waals surface area contributed by atoms with Crippen molar-refractivity contribution in [3.8, 4) is 0 Å². The zero-order chi connectivity index (χ0) is 8.84. The molecule has 1 aromatic heterocycles. The van der Waals surface area contributed by atoms with Crippen LogP contribution in [0.3, 0.4) is 0 Å². The summed E-state index contributed by atoms with van der Waals surface area (Å²) in [4.78, 5) is 0. The van der Waals surface area contributed by atoms with Gasteiger partial charge in [0, 0.05) is 19.0 Å². The van der Waals surface area contributed by atoms with Crippen molar-refractivity contribution in [2.75, 3.05) is 5.32 Å². The van der Waals surface area contributed by atoms with Crippen LogP contribution in [-0.4, -0.2) is 20.8 Å². The van der Waals surface area contributed by atoms with Gasteiger partial charge in [-0.3, -0.25) is 0 Å². The van der Waals surface area contributed by atoms with Crippen molar-refractivity contribution in [1.29, 1.82) is 0 Å². The number of anilines is 1. The number of nitrogens with one attached hydrogen (secondary N) is 1. The fraction of sp³-hybridized carbons (Fsp3) is 0.778. The minimum Gasteiger partial charge on any atom is -0.352 e. The van der Waals surface area contributed by atoms with Crippen molar-refractivity contribution >= 4 is 5.95 Å². The van der Waals surface area contributed by atoms with Gasteiger partial charge in [-0.1, -0.05) is 0 Å². The van der Waals surface area contributed by atoms with Gasteiger partial charge in [0.05, 0.1) is 0 Å².